The van der Waals surface area contributed by atoms with Crippen LogP contribution in [0.5, 0.6) is 0 Å². The van der Waals surface area contributed by atoms with E-state index in [2.05, 4.69) is 0 Å². The Morgan fingerprint density at radius 3 is 2.53 bits per heavy atom. The molecule has 0 bridgehead atoms. The van der Waals surface area contributed by atoms with E-state index >= 15 is 0 Å². The van der Waals surface area contributed by atoms with Gasteiger partial charge in [0.1, 0.15) is 0 Å². The number of Topliss-reactive ketones (excluding diaryl/α,β-unsaturated/α-hetero) is 1. The van der Waals surface area contributed by atoms with Gasteiger partial charge in [0.05, 0.1) is 11.1 Å². The second kappa shape index (κ2) is 4.85. The summed E-state index contributed by atoms with van der Waals surface area (Å²) in [6.45, 7) is 2.70. The maximum Gasteiger partial charge on any atom is 0.155 e. The second-order valence-corrected chi connectivity index (χ2v) is 7.20. The normalized spacial score (nSPS) is 33.9. The van der Waals surface area contributed by atoms with Crippen molar-refractivity contribution >= 4 is 5.78 Å². The van der Waals surface area contributed by atoms with Crippen molar-refractivity contribution in [1.82, 2.24) is 0 Å². The fraction of sp³-hybridized carbons (Fsp3) is 0.938. The highest BCUT2D eigenvalue weighted by Gasteiger charge is 2.49. The number of hydrogen-bond acceptors (Lipinski definition) is 3. The topological polar surface area (TPSA) is 52.3 Å². The average Bonchev–Trinajstić information content (AvgIpc) is 3.23. The molecule has 0 aromatic rings. The van der Waals surface area contributed by atoms with E-state index in [1.54, 1.807) is 0 Å². The van der Waals surface area contributed by atoms with Gasteiger partial charge in [0.2, 0.25) is 0 Å². The van der Waals surface area contributed by atoms with Crippen molar-refractivity contribution in [3.8, 4) is 0 Å². The fourth-order valence-electron chi connectivity index (χ4n) is 4.12. The Morgan fingerprint density at radius 1 is 1.21 bits per heavy atom. The summed E-state index contributed by atoms with van der Waals surface area (Å²) in [4.78, 5) is 12.7. The van der Waals surface area contributed by atoms with Gasteiger partial charge in [-0.1, -0.05) is 19.3 Å². The standard InChI is InChI=1S/C16H27NO2/c1-15(17,13-5-6-13)14(18)12-7-10-19-16(11-12)8-3-2-4-9-16/h12-13H,2-11,17H2,1H3. The fourth-order valence-corrected chi connectivity index (χ4v) is 4.12. The van der Waals surface area contributed by atoms with E-state index in [4.69, 9.17) is 10.5 Å². The molecule has 0 aromatic heterocycles. The van der Waals surface area contributed by atoms with Gasteiger partial charge in [0, 0.05) is 12.5 Å². The van der Waals surface area contributed by atoms with Crippen molar-refractivity contribution in [2.45, 2.75) is 75.9 Å². The monoisotopic (exact) mass is 265 g/mol. The number of nitrogens with two attached hydrogens (primary N) is 1. The van der Waals surface area contributed by atoms with Gasteiger partial charge in [0.25, 0.3) is 0 Å². The largest absolute Gasteiger partial charge is 0.375 e. The van der Waals surface area contributed by atoms with Crippen molar-refractivity contribution in [3.05, 3.63) is 0 Å². The molecule has 1 aliphatic heterocycles. The Kier molecular flexibility index (Phi) is 3.46. The van der Waals surface area contributed by atoms with E-state index in [0.717, 1.165) is 45.1 Å². The van der Waals surface area contributed by atoms with Crippen molar-refractivity contribution in [2.24, 2.45) is 17.6 Å². The molecular weight excluding hydrogens is 238 g/mol. The van der Waals surface area contributed by atoms with Gasteiger partial charge in [-0.2, -0.15) is 0 Å². The lowest BCUT2D eigenvalue weighted by molar-refractivity contribution is -0.147. The molecule has 2 unspecified atom stereocenters. The third-order valence-corrected chi connectivity index (χ3v) is 5.58. The van der Waals surface area contributed by atoms with Gasteiger partial charge in [-0.15, -0.1) is 0 Å². The van der Waals surface area contributed by atoms with Gasteiger partial charge in [-0.3, -0.25) is 4.79 Å². The van der Waals surface area contributed by atoms with Crippen LogP contribution >= 0.6 is 0 Å². The van der Waals surface area contributed by atoms with Gasteiger partial charge in [-0.25, -0.2) is 0 Å². The minimum atomic E-state index is -0.585. The Hall–Kier alpha value is -0.410. The van der Waals surface area contributed by atoms with Crippen LogP contribution in [0.4, 0.5) is 0 Å². The van der Waals surface area contributed by atoms with Crippen LogP contribution in [0.1, 0.15) is 64.7 Å². The molecule has 3 nitrogen and oxygen atoms in total. The first-order valence-electron chi connectivity index (χ1n) is 8.01. The zero-order chi connectivity index (χ0) is 13.5. The summed E-state index contributed by atoms with van der Waals surface area (Å²) in [6, 6.07) is 0. The van der Waals surface area contributed by atoms with Gasteiger partial charge in [0.15, 0.2) is 5.78 Å². The summed E-state index contributed by atoms with van der Waals surface area (Å²) in [5.41, 5.74) is 5.75. The lowest BCUT2D eigenvalue weighted by Gasteiger charge is -2.44. The highest BCUT2D eigenvalue weighted by Crippen LogP contribution is 2.45. The van der Waals surface area contributed by atoms with E-state index in [-0.39, 0.29) is 11.5 Å². The molecule has 2 saturated carbocycles. The van der Waals surface area contributed by atoms with Crippen molar-refractivity contribution in [2.75, 3.05) is 6.61 Å². The van der Waals surface area contributed by atoms with Crippen LogP contribution in [0.15, 0.2) is 0 Å². The van der Waals surface area contributed by atoms with Gasteiger partial charge in [-0.05, 0) is 51.4 Å². The van der Waals surface area contributed by atoms with E-state index < -0.39 is 5.54 Å². The maximum atomic E-state index is 12.7. The summed E-state index contributed by atoms with van der Waals surface area (Å²) in [6.07, 6.45) is 10.2. The molecule has 3 aliphatic rings. The zero-order valence-corrected chi connectivity index (χ0v) is 12.1. The number of carbonyl (C=O) groups is 1. The summed E-state index contributed by atoms with van der Waals surface area (Å²) in [5.74, 6) is 0.885. The molecule has 3 fully saturated rings. The lowest BCUT2D eigenvalue weighted by atomic mass is 9.71. The number of ketones is 1. The first kappa shape index (κ1) is 13.6. The number of ether oxygens (including phenoxy) is 1. The molecule has 1 heterocycles. The predicted octanol–water partition coefficient (Wildman–Crippen LogP) is 2.81. The summed E-state index contributed by atoms with van der Waals surface area (Å²) >= 11 is 0. The van der Waals surface area contributed by atoms with E-state index in [0.29, 0.717) is 11.7 Å². The smallest absolute Gasteiger partial charge is 0.155 e. The Morgan fingerprint density at radius 2 is 1.89 bits per heavy atom. The molecule has 1 spiro atoms. The SMILES string of the molecule is CC(N)(C(=O)C1CCOC2(CCCCC2)C1)C1CC1. The Balaban J connectivity index is 1.69. The Bertz CT molecular complexity index is 348. The first-order chi connectivity index (χ1) is 9.04. The second-order valence-electron chi connectivity index (χ2n) is 7.20. The van der Waals surface area contributed by atoms with Crippen LogP contribution in [0.25, 0.3) is 0 Å². The number of carbonyl (C=O) groups excluding carboxylic acids is 1. The zero-order valence-electron chi connectivity index (χ0n) is 12.1. The van der Waals surface area contributed by atoms with Gasteiger partial charge >= 0.3 is 0 Å². The van der Waals surface area contributed by atoms with Crippen LogP contribution in [-0.2, 0) is 9.53 Å². The molecule has 19 heavy (non-hydrogen) atoms. The van der Waals surface area contributed by atoms with Crippen LogP contribution in [0, 0.1) is 11.8 Å². The van der Waals surface area contributed by atoms with Gasteiger partial charge < -0.3 is 10.5 Å². The molecule has 0 radical (unpaired) electrons. The minimum Gasteiger partial charge on any atom is -0.375 e. The molecule has 2 aliphatic carbocycles. The summed E-state index contributed by atoms with van der Waals surface area (Å²) in [5, 5.41) is 0. The van der Waals surface area contributed by atoms with Crippen molar-refractivity contribution in [1.29, 1.82) is 0 Å². The quantitative estimate of drug-likeness (QED) is 0.853. The number of rotatable bonds is 3. The Labute approximate surface area is 116 Å². The average molecular weight is 265 g/mol. The minimum absolute atomic E-state index is 0.0104. The molecule has 3 rings (SSSR count). The van der Waals surface area contributed by atoms with Crippen molar-refractivity contribution in [3.63, 3.8) is 0 Å². The van der Waals surface area contributed by atoms with Crippen LogP contribution < -0.4 is 5.73 Å². The van der Waals surface area contributed by atoms with E-state index in [1.807, 2.05) is 6.92 Å². The highest BCUT2D eigenvalue weighted by molar-refractivity contribution is 5.90. The summed E-state index contributed by atoms with van der Waals surface area (Å²) in [7, 11) is 0. The number of hydrogen-bond donors (Lipinski definition) is 1. The third kappa shape index (κ3) is 2.59. The molecule has 108 valence electrons. The molecular formula is C16H27NO2. The maximum absolute atomic E-state index is 12.7. The molecule has 2 atom stereocenters. The molecule has 0 aromatic carbocycles. The predicted molar refractivity (Wildman–Crippen MR) is 74.8 cm³/mol. The van der Waals surface area contributed by atoms with Crippen LogP contribution in [0.3, 0.4) is 0 Å². The molecule has 0 amide bonds. The lowest BCUT2D eigenvalue weighted by Crippen LogP contribution is -2.53. The first-order valence-corrected chi connectivity index (χ1v) is 8.01. The summed E-state index contributed by atoms with van der Waals surface area (Å²) < 4.78 is 6.08. The van der Waals surface area contributed by atoms with Crippen LogP contribution in [0.2, 0.25) is 0 Å². The van der Waals surface area contributed by atoms with Crippen LogP contribution in [-0.4, -0.2) is 23.5 Å². The molecule has 1 saturated heterocycles. The van der Waals surface area contributed by atoms with E-state index in [9.17, 15) is 4.79 Å². The third-order valence-electron chi connectivity index (χ3n) is 5.58. The highest BCUT2D eigenvalue weighted by atomic mass is 16.5. The molecule has 2 N–H and O–H groups in total. The van der Waals surface area contributed by atoms with Crippen molar-refractivity contribution < 1.29 is 9.53 Å². The van der Waals surface area contributed by atoms with E-state index in [1.165, 1.54) is 19.3 Å². The molecule has 3 heteroatoms.